The topological polar surface area (TPSA) is 106 Å². The van der Waals surface area contributed by atoms with E-state index in [1.165, 1.54) is 41.5 Å². The Labute approximate surface area is 177 Å². The van der Waals surface area contributed by atoms with Crippen LogP contribution in [0, 0.1) is 22.7 Å². The standard InChI is InChI=1S/2C8H13F3N2OS/c2*1-6(2,3)15(14)13-7(4,5-12)8(9,10)11/h2*13H,1-4H3/t2*7-,15+/m00/s1. The highest BCUT2D eigenvalue weighted by molar-refractivity contribution is 7.84. The van der Waals surface area contributed by atoms with Crippen molar-refractivity contribution in [3.63, 3.8) is 0 Å². The summed E-state index contributed by atoms with van der Waals surface area (Å²) in [6, 6.07) is 2.18. The molecule has 0 heterocycles. The zero-order chi connectivity index (χ0) is 25.0. The highest BCUT2D eigenvalue weighted by Crippen LogP contribution is 2.31. The van der Waals surface area contributed by atoms with Crippen LogP contribution in [-0.4, -0.2) is 41.3 Å². The summed E-state index contributed by atoms with van der Waals surface area (Å²) in [6.45, 7) is 10.4. The summed E-state index contributed by atoms with van der Waals surface area (Å²) in [7, 11) is -3.89. The van der Waals surface area contributed by atoms with Gasteiger partial charge in [0.2, 0.25) is 11.1 Å². The van der Waals surface area contributed by atoms with E-state index in [4.69, 9.17) is 10.5 Å². The molecule has 0 aliphatic carbocycles. The normalized spacial score (nSPS) is 19.1. The van der Waals surface area contributed by atoms with E-state index < -0.39 is 54.9 Å². The van der Waals surface area contributed by atoms with Crippen LogP contribution in [0.25, 0.3) is 0 Å². The van der Waals surface area contributed by atoms with Crippen LogP contribution in [0.15, 0.2) is 0 Å². The van der Waals surface area contributed by atoms with Gasteiger partial charge >= 0.3 is 12.4 Å². The average molecular weight is 485 g/mol. The van der Waals surface area contributed by atoms with Gasteiger partial charge in [-0.25, -0.2) is 17.9 Å². The molecule has 4 atom stereocenters. The molecular formula is C16H26F6N4O2S2. The minimum atomic E-state index is -4.76. The van der Waals surface area contributed by atoms with Crippen LogP contribution < -0.4 is 9.44 Å². The molecule has 176 valence electrons. The molecule has 0 spiro atoms. The molecule has 6 nitrogen and oxygen atoms in total. The van der Waals surface area contributed by atoms with Gasteiger partial charge < -0.3 is 0 Å². The number of rotatable bonds is 4. The number of nitrogens with one attached hydrogen (secondary N) is 2. The summed E-state index contributed by atoms with van der Waals surface area (Å²) < 4.78 is 99.4. The predicted octanol–water partition coefficient (Wildman–Crippen LogP) is 3.77. The minimum Gasteiger partial charge on any atom is -0.242 e. The Morgan fingerprint density at radius 3 is 0.900 bits per heavy atom. The van der Waals surface area contributed by atoms with Crippen molar-refractivity contribution in [3.8, 4) is 12.1 Å². The Morgan fingerprint density at radius 1 is 0.600 bits per heavy atom. The van der Waals surface area contributed by atoms with Crippen LogP contribution in [0.1, 0.15) is 55.4 Å². The molecule has 0 unspecified atom stereocenters. The van der Waals surface area contributed by atoms with E-state index in [1.807, 2.05) is 9.44 Å². The highest BCUT2D eigenvalue weighted by atomic mass is 32.2. The molecule has 0 radical (unpaired) electrons. The molecule has 0 fully saturated rings. The maximum absolute atomic E-state index is 12.4. The summed E-state index contributed by atoms with van der Waals surface area (Å²) in [4.78, 5) is 0. The molecule has 0 amide bonds. The van der Waals surface area contributed by atoms with E-state index in [9.17, 15) is 34.8 Å². The van der Waals surface area contributed by atoms with Crippen molar-refractivity contribution in [1.82, 2.24) is 9.44 Å². The van der Waals surface area contributed by atoms with Gasteiger partial charge in [-0.3, -0.25) is 0 Å². The second kappa shape index (κ2) is 9.94. The van der Waals surface area contributed by atoms with E-state index in [2.05, 4.69) is 0 Å². The molecule has 2 N–H and O–H groups in total. The molecule has 0 saturated carbocycles. The van der Waals surface area contributed by atoms with Crippen LogP contribution in [0.2, 0.25) is 0 Å². The second-order valence-electron chi connectivity index (χ2n) is 8.44. The number of halogens is 6. The maximum Gasteiger partial charge on any atom is 0.420 e. The lowest BCUT2D eigenvalue weighted by molar-refractivity contribution is -0.168. The zero-order valence-electron chi connectivity index (χ0n) is 17.8. The third-order valence-corrected chi connectivity index (χ3v) is 6.70. The van der Waals surface area contributed by atoms with Gasteiger partial charge in [-0.1, -0.05) is 0 Å². The van der Waals surface area contributed by atoms with E-state index in [1.54, 1.807) is 0 Å². The van der Waals surface area contributed by atoms with E-state index in [-0.39, 0.29) is 0 Å². The van der Waals surface area contributed by atoms with E-state index in [0.717, 1.165) is 12.1 Å². The fourth-order valence-electron chi connectivity index (χ4n) is 0.965. The fraction of sp³-hybridized carbons (Fsp3) is 0.875. The Balaban J connectivity index is 0. The van der Waals surface area contributed by atoms with Crippen LogP contribution >= 0.6 is 0 Å². The molecule has 0 rings (SSSR count). The van der Waals surface area contributed by atoms with Crippen molar-refractivity contribution in [1.29, 1.82) is 10.5 Å². The molecule has 0 aliphatic rings. The molecule has 30 heavy (non-hydrogen) atoms. The fourth-order valence-corrected chi connectivity index (χ4v) is 2.64. The number of hydrogen-bond donors (Lipinski definition) is 2. The van der Waals surface area contributed by atoms with Gasteiger partial charge in [-0.2, -0.15) is 36.9 Å². The molecule has 0 aromatic heterocycles. The second-order valence-corrected chi connectivity index (χ2v) is 12.4. The maximum atomic E-state index is 12.4. The van der Waals surface area contributed by atoms with Crippen molar-refractivity contribution in [2.24, 2.45) is 0 Å². The molecule has 14 heteroatoms. The molecule has 0 bridgehead atoms. The van der Waals surface area contributed by atoms with Gasteiger partial charge in [0, 0.05) is 0 Å². The molecule has 0 aliphatic heterocycles. The Kier molecular flexibility index (Phi) is 10.3. The van der Waals surface area contributed by atoms with Crippen molar-refractivity contribution >= 4 is 22.0 Å². The highest BCUT2D eigenvalue weighted by Gasteiger charge is 2.54. The number of nitrogens with zero attached hydrogens (tertiary/aromatic N) is 2. The Bertz CT molecular complexity index is 667. The van der Waals surface area contributed by atoms with Crippen molar-refractivity contribution < 1.29 is 34.8 Å². The average Bonchev–Trinajstić information content (AvgIpc) is 2.51. The molecular weight excluding hydrogens is 458 g/mol. The molecule has 0 aromatic rings. The van der Waals surface area contributed by atoms with Gasteiger partial charge in [0.05, 0.1) is 43.6 Å². The number of nitriles is 2. The van der Waals surface area contributed by atoms with Gasteiger partial charge in [0.1, 0.15) is 0 Å². The Hall–Kier alpha value is -1.22. The third-order valence-electron chi connectivity index (χ3n) is 3.29. The quantitative estimate of drug-likeness (QED) is 0.593. The van der Waals surface area contributed by atoms with Crippen LogP contribution in [0.4, 0.5) is 26.3 Å². The SMILES string of the molecule is CC(C)(C)[S@@](=O)N[C@@](C)(C#N)C(F)(F)F.CC(C)(C)[S@@](=O)N[C@@](C)(C#N)C(F)(F)F. The first-order valence-electron chi connectivity index (χ1n) is 8.23. The first kappa shape index (κ1) is 31.0. The van der Waals surface area contributed by atoms with Gasteiger partial charge in [0.25, 0.3) is 0 Å². The predicted molar refractivity (Wildman–Crippen MR) is 102 cm³/mol. The third kappa shape index (κ3) is 8.88. The molecule has 0 aromatic carbocycles. The van der Waals surface area contributed by atoms with E-state index in [0.29, 0.717) is 13.8 Å². The monoisotopic (exact) mass is 484 g/mol. The van der Waals surface area contributed by atoms with Crippen molar-refractivity contribution in [2.75, 3.05) is 0 Å². The lowest BCUT2D eigenvalue weighted by Crippen LogP contribution is -2.56. The summed E-state index contributed by atoms with van der Waals surface area (Å²) in [6.07, 6.45) is -9.52. The lowest BCUT2D eigenvalue weighted by atomic mass is 10.1. The number of alkyl halides is 6. The number of hydrogen-bond acceptors (Lipinski definition) is 4. The first-order valence-corrected chi connectivity index (χ1v) is 10.5. The van der Waals surface area contributed by atoms with Crippen molar-refractivity contribution in [2.45, 2.75) is 88.3 Å². The zero-order valence-corrected chi connectivity index (χ0v) is 19.4. The lowest BCUT2D eigenvalue weighted by Gasteiger charge is -2.29. The smallest absolute Gasteiger partial charge is 0.242 e. The van der Waals surface area contributed by atoms with Crippen LogP contribution in [0.3, 0.4) is 0 Å². The Morgan fingerprint density at radius 2 is 0.800 bits per heavy atom. The van der Waals surface area contributed by atoms with E-state index >= 15 is 0 Å². The first-order chi connectivity index (χ1) is 12.9. The summed E-state index contributed by atoms with van der Waals surface area (Å²) in [5.41, 5.74) is -5.57. The van der Waals surface area contributed by atoms with Gasteiger partial charge in [0.15, 0.2) is 0 Å². The van der Waals surface area contributed by atoms with Gasteiger partial charge in [-0.05, 0) is 55.4 Å². The van der Waals surface area contributed by atoms with Crippen LogP contribution in [0.5, 0.6) is 0 Å². The summed E-state index contributed by atoms with van der Waals surface area (Å²) in [5.74, 6) is 0. The minimum absolute atomic E-state index is 0.663. The summed E-state index contributed by atoms with van der Waals surface area (Å²) in [5, 5.41) is 16.9. The summed E-state index contributed by atoms with van der Waals surface area (Å²) >= 11 is 0. The van der Waals surface area contributed by atoms with Crippen LogP contribution in [-0.2, 0) is 22.0 Å². The largest absolute Gasteiger partial charge is 0.420 e. The molecule has 0 saturated heterocycles. The van der Waals surface area contributed by atoms with Crippen molar-refractivity contribution in [3.05, 3.63) is 0 Å². The van der Waals surface area contributed by atoms with Gasteiger partial charge in [-0.15, -0.1) is 0 Å².